The van der Waals surface area contributed by atoms with Crippen molar-refractivity contribution in [3.8, 4) is 11.1 Å². The van der Waals surface area contributed by atoms with Gasteiger partial charge in [0.05, 0.1) is 10.6 Å². The number of carbonyl (C=O) groups excluding carboxylic acids is 2. The lowest BCUT2D eigenvalue weighted by Gasteiger charge is -2.17. The first-order valence-electron chi connectivity index (χ1n) is 11.8. The van der Waals surface area contributed by atoms with Crippen molar-refractivity contribution in [2.75, 3.05) is 6.61 Å². The van der Waals surface area contributed by atoms with Gasteiger partial charge in [-0.25, -0.2) is 4.79 Å². The zero-order chi connectivity index (χ0) is 27.6. The van der Waals surface area contributed by atoms with Gasteiger partial charge in [-0.2, -0.15) is 13.2 Å². The molecule has 1 aromatic heterocycles. The van der Waals surface area contributed by atoms with Gasteiger partial charge in [0.15, 0.2) is 6.29 Å². The second kappa shape index (κ2) is 11.1. The number of nitrogens with one attached hydrogen (secondary N) is 1. The molecule has 3 aromatic carbocycles. The van der Waals surface area contributed by atoms with E-state index in [1.165, 1.54) is 18.5 Å². The first kappa shape index (κ1) is 26.8. The lowest BCUT2D eigenvalue weighted by molar-refractivity contribution is -0.137. The third kappa shape index (κ3) is 5.65. The van der Waals surface area contributed by atoms with Crippen LogP contribution in [0.2, 0.25) is 5.02 Å². The van der Waals surface area contributed by atoms with E-state index in [4.69, 9.17) is 16.3 Å². The minimum absolute atomic E-state index is 0.0587. The molecule has 0 spiro atoms. The molecule has 5 rings (SSSR count). The van der Waals surface area contributed by atoms with Crippen LogP contribution in [-0.4, -0.2) is 24.0 Å². The summed E-state index contributed by atoms with van der Waals surface area (Å²) >= 11 is 7.27. The van der Waals surface area contributed by atoms with E-state index in [2.05, 4.69) is 10.3 Å². The number of carbonyl (C=O) groups is 2. The maximum Gasteiger partial charge on any atom is 0.416 e. The first-order chi connectivity index (χ1) is 18.8. The molecule has 198 valence electrons. The summed E-state index contributed by atoms with van der Waals surface area (Å²) < 4.78 is 46.1. The maximum absolute atomic E-state index is 13.5. The highest BCUT2D eigenvalue weighted by molar-refractivity contribution is 7.99. The Morgan fingerprint density at radius 3 is 2.36 bits per heavy atom. The van der Waals surface area contributed by atoms with Crippen LogP contribution >= 0.6 is 23.4 Å². The summed E-state index contributed by atoms with van der Waals surface area (Å²) in [5, 5.41) is 2.38. The van der Waals surface area contributed by atoms with Gasteiger partial charge in [0.2, 0.25) is 0 Å². The summed E-state index contributed by atoms with van der Waals surface area (Å²) in [6, 6.07) is 19.0. The fraction of sp³-hybridized carbons (Fsp3) is 0.138. The zero-order valence-corrected chi connectivity index (χ0v) is 21.7. The molecule has 5 nitrogen and oxygen atoms in total. The number of amides is 1. The molecule has 0 saturated carbocycles. The first-order valence-corrected chi connectivity index (χ1v) is 13.0. The molecule has 0 saturated heterocycles. The predicted molar refractivity (Wildman–Crippen MR) is 142 cm³/mol. The summed E-state index contributed by atoms with van der Waals surface area (Å²) in [6.07, 6.45) is -1.95. The number of alkyl halides is 3. The van der Waals surface area contributed by atoms with E-state index in [9.17, 15) is 22.8 Å². The molecular weight excluding hydrogens is 549 g/mol. The Bertz CT molecular complexity index is 1520. The number of aromatic nitrogens is 1. The van der Waals surface area contributed by atoms with Crippen LogP contribution in [0.1, 0.15) is 38.5 Å². The van der Waals surface area contributed by atoms with Crippen molar-refractivity contribution in [2.45, 2.75) is 28.4 Å². The molecule has 10 heteroatoms. The van der Waals surface area contributed by atoms with Crippen LogP contribution in [0, 0.1) is 0 Å². The van der Waals surface area contributed by atoms with Gasteiger partial charge in [-0.05, 0) is 46.0 Å². The molecule has 0 atom stereocenters. The van der Waals surface area contributed by atoms with E-state index in [-0.39, 0.29) is 34.6 Å². The standard InChI is InChI=1S/C29H20ClF3N2O3S/c30-25-12-19(29(31,32)33)11-18(27(25)39-26-14-34-10-9-17(26)15-36)13-35-28(37)38-16-24-22-7-3-1-5-20(22)21-6-2-4-8-23(21)24/h1-12,14-15,24H,13,16H2,(H,35,37). The fourth-order valence-electron chi connectivity index (χ4n) is 4.56. The number of aldehydes is 1. The molecule has 0 radical (unpaired) electrons. The van der Waals surface area contributed by atoms with E-state index >= 15 is 0 Å². The van der Waals surface area contributed by atoms with Crippen LogP contribution in [0.4, 0.5) is 18.0 Å². The highest BCUT2D eigenvalue weighted by Gasteiger charge is 2.33. The molecule has 1 aliphatic carbocycles. The quantitative estimate of drug-likeness (QED) is 0.231. The van der Waals surface area contributed by atoms with Gasteiger partial charge < -0.3 is 10.1 Å². The molecule has 4 aromatic rings. The van der Waals surface area contributed by atoms with Gasteiger partial charge in [0.25, 0.3) is 0 Å². The number of hydrogen-bond donors (Lipinski definition) is 1. The number of fused-ring (bicyclic) bond motifs is 3. The van der Waals surface area contributed by atoms with Gasteiger partial charge in [-0.1, -0.05) is 71.9 Å². The van der Waals surface area contributed by atoms with Crippen molar-refractivity contribution in [1.29, 1.82) is 0 Å². The number of ether oxygens (including phenoxy) is 1. The number of pyridine rings is 1. The van der Waals surface area contributed by atoms with Crippen molar-refractivity contribution in [2.24, 2.45) is 0 Å². The second-order valence-corrected chi connectivity index (χ2v) is 10.2. The lowest BCUT2D eigenvalue weighted by atomic mass is 9.98. The molecule has 1 aliphatic rings. The van der Waals surface area contributed by atoms with Crippen molar-refractivity contribution in [3.63, 3.8) is 0 Å². The average molecular weight is 569 g/mol. The summed E-state index contributed by atoms with van der Waals surface area (Å²) in [7, 11) is 0. The third-order valence-electron chi connectivity index (χ3n) is 6.37. The minimum Gasteiger partial charge on any atom is -0.449 e. The normalized spacial score (nSPS) is 12.5. The van der Waals surface area contributed by atoms with E-state index < -0.39 is 17.8 Å². The molecule has 0 unspecified atom stereocenters. The number of nitrogens with zero attached hydrogens (tertiary/aromatic N) is 1. The van der Waals surface area contributed by atoms with Crippen LogP contribution < -0.4 is 5.32 Å². The van der Waals surface area contributed by atoms with Crippen LogP contribution in [0.25, 0.3) is 11.1 Å². The van der Waals surface area contributed by atoms with Crippen LogP contribution in [-0.2, 0) is 17.5 Å². The van der Waals surface area contributed by atoms with Crippen molar-refractivity contribution in [1.82, 2.24) is 10.3 Å². The Labute approximate surface area is 231 Å². The summed E-state index contributed by atoms with van der Waals surface area (Å²) in [6.45, 7) is -0.220. The molecule has 1 heterocycles. The Balaban J connectivity index is 1.34. The minimum atomic E-state index is -4.65. The zero-order valence-electron chi connectivity index (χ0n) is 20.2. The maximum atomic E-state index is 13.5. The van der Waals surface area contributed by atoms with E-state index in [1.807, 2.05) is 48.5 Å². The highest BCUT2D eigenvalue weighted by atomic mass is 35.5. The van der Waals surface area contributed by atoms with Crippen molar-refractivity contribution >= 4 is 35.7 Å². The van der Waals surface area contributed by atoms with Crippen molar-refractivity contribution < 1.29 is 27.5 Å². The van der Waals surface area contributed by atoms with E-state index in [1.54, 1.807) is 0 Å². The van der Waals surface area contributed by atoms with Gasteiger partial charge in [-0.15, -0.1) is 0 Å². The van der Waals surface area contributed by atoms with Gasteiger partial charge in [-0.3, -0.25) is 9.78 Å². The molecule has 1 amide bonds. The Kier molecular flexibility index (Phi) is 7.63. The fourth-order valence-corrected chi connectivity index (χ4v) is 5.90. The molecule has 1 N–H and O–H groups in total. The van der Waals surface area contributed by atoms with Crippen LogP contribution in [0.15, 0.2) is 88.9 Å². The van der Waals surface area contributed by atoms with E-state index in [0.29, 0.717) is 16.7 Å². The second-order valence-electron chi connectivity index (χ2n) is 8.76. The Morgan fingerprint density at radius 1 is 1.05 bits per heavy atom. The molecule has 39 heavy (non-hydrogen) atoms. The summed E-state index contributed by atoms with van der Waals surface area (Å²) in [5.74, 6) is -0.162. The van der Waals surface area contributed by atoms with Crippen LogP contribution in [0.3, 0.4) is 0 Å². The predicted octanol–water partition coefficient (Wildman–Crippen LogP) is 7.76. The SMILES string of the molecule is O=Cc1ccncc1Sc1c(Cl)cc(C(F)(F)F)cc1CNC(=O)OCC1c2ccccc2-c2ccccc21. The highest BCUT2D eigenvalue weighted by Crippen LogP contribution is 2.45. The smallest absolute Gasteiger partial charge is 0.416 e. The average Bonchev–Trinajstić information content (AvgIpc) is 3.25. The van der Waals surface area contributed by atoms with Gasteiger partial charge in [0, 0.05) is 40.2 Å². The molecule has 0 fully saturated rings. The molecule has 0 aliphatic heterocycles. The van der Waals surface area contributed by atoms with Crippen molar-refractivity contribution in [3.05, 3.63) is 112 Å². The monoisotopic (exact) mass is 568 g/mol. The largest absolute Gasteiger partial charge is 0.449 e. The van der Waals surface area contributed by atoms with Crippen LogP contribution in [0.5, 0.6) is 0 Å². The van der Waals surface area contributed by atoms with Gasteiger partial charge in [0.1, 0.15) is 6.61 Å². The number of halogens is 4. The number of benzene rings is 3. The Hall–Kier alpha value is -3.82. The summed E-state index contributed by atoms with van der Waals surface area (Å²) in [5.41, 5.74) is 3.70. The molecule has 0 bridgehead atoms. The third-order valence-corrected chi connectivity index (χ3v) is 8.03. The number of hydrogen-bond acceptors (Lipinski definition) is 5. The lowest BCUT2D eigenvalue weighted by Crippen LogP contribution is -2.26. The molecular formula is C29H20ClF3N2O3S. The number of alkyl carbamates (subject to hydrolysis) is 1. The van der Waals surface area contributed by atoms with Gasteiger partial charge >= 0.3 is 12.3 Å². The number of rotatable bonds is 7. The van der Waals surface area contributed by atoms with E-state index in [0.717, 1.165) is 46.1 Å². The Morgan fingerprint density at radius 2 is 1.72 bits per heavy atom. The summed E-state index contributed by atoms with van der Waals surface area (Å²) in [4.78, 5) is 28.8. The topological polar surface area (TPSA) is 68.3 Å².